The Morgan fingerprint density at radius 2 is 1.67 bits per heavy atom. The highest BCUT2D eigenvalue weighted by Crippen LogP contribution is 2.44. The van der Waals surface area contributed by atoms with Crippen molar-refractivity contribution in [2.45, 2.75) is 51.6 Å². The second kappa shape index (κ2) is 5.14. The van der Waals surface area contributed by atoms with E-state index in [1.165, 1.54) is 0 Å². The molecular formula is C18H20O3. The van der Waals surface area contributed by atoms with Crippen molar-refractivity contribution in [3.63, 3.8) is 0 Å². The van der Waals surface area contributed by atoms with Crippen molar-refractivity contribution >= 4 is 11.8 Å². The Balaban J connectivity index is 2.02. The van der Waals surface area contributed by atoms with Crippen molar-refractivity contribution in [2.75, 3.05) is 0 Å². The van der Waals surface area contributed by atoms with Gasteiger partial charge in [0.2, 0.25) is 0 Å². The summed E-state index contributed by atoms with van der Waals surface area (Å²) in [6, 6.07) is 7.51. The van der Waals surface area contributed by atoms with Crippen LogP contribution in [0.2, 0.25) is 0 Å². The van der Waals surface area contributed by atoms with Crippen LogP contribution in [0.3, 0.4) is 0 Å². The van der Waals surface area contributed by atoms with E-state index in [0.29, 0.717) is 16.7 Å². The first-order valence-electron chi connectivity index (χ1n) is 7.59. The monoisotopic (exact) mass is 284 g/mol. The van der Waals surface area contributed by atoms with Gasteiger partial charge in [-0.25, -0.2) is 4.79 Å². The van der Waals surface area contributed by atoms with Crippen LogP contribution in [0.15, 0.2) is 35.4 Å². The molecule has 3 heteroatoms. The molecule has 1 aromatic rings. The van der Waals surface area contributed by atoms with Gasteiger partial charge in [0, 0.05) is 11.1 Å². The predicted molar refractivity (Wildman–Crippen MR) is 80.1 cm³/mol. The fraction of sp³-hybridized carbons (Fsp3) is 0.444. The number of hydrogen-bond donors (Lipinski definition) is 0. The van der Waals surface area contributed by atoms with Crippen molar-refractivity contribution in [1.29, 1.82) is 0 Å². The predicted octanol–water partition coefficient (Wildman–Crippen LogP) is 3.75. The number of ether oxygens (including phenoxy) is 1. The van der Waals surface area contributed by atoms with Gasteiger partial charge in [-0.1, -0.05) is 36.2 Å². The first kappa shape index (κ1) is 14.1. The molecule has 0 atom stereocenters. The number of benzene rings is 1. The summed E-state index contributed by atoms with van der Waals surface area (Å²) in [4.78, 5) is 24.9. The van der Waals surface area contributed by atoms with Gasteiger partial charge in [0.15, 0.2) is 5.78 Å². The summed E-state index contributed by atoms with van der Waals surface area (Å²) in [6.45, 7) is 3.71. The Kier molecular flexibility index (Phi) is 3.44. The number of rotatable bonds is 2. The van der Waals surface area contributed by atoms with E-state index in [0.717, 1.165) is 37.7 Å². The molecule has 1 aliphatic carbocycles. The van der Waals surface area contributed by atoms with Crippen molar-refractivity contribution < 1.29 is 14.3 Å². The van der Waals surface area contributed by atoms with Gasteiger partial charge in [-0.2, -0.15) is 0 Å². The van der Waals surface area contributed by atoms with Crippen LogP contribution in [0.1, 0.15) is 54.9 Å². The third-order valence-electron chi connectivity index (χ3n) is 4.63. The van der Waals surface area contributed by atoms with Crippen molar-refractivity contribution in [2.24, 2.45) is 0 Å². The Bertz CT molecular complexity index is 616. The van der Waals surface area contributed by atoms with Gasteiger partial charge in [0.05, 0.1) is 5.57 Å². The van der Waals surface area contributed by atoms with Gasteiger partial charge in [0.25, 0.3) is 0 Å². The van der Waals surface area contributed by atoms with Gasteiger partial charge >= 0.3 is 5.97 Å². The molecule has 2 aliphatic rings. The maximum Gasteiger partial charge on any atom is 0.335 e. The molecule has 0 aromatic heterocycles. The van der Waals surface area contributed by atoms with Crippen LogP contribution in [-0.2, 0) is 9.53 Å². The minimum atomic E-state index is -0.665. The van der Waals surface area contributed by atoms with E-state index in [4.69, 9.17) is 4.74 Å². The number of ketones is 1. The highest BCUT2D eigenvalue weighted by molar-refractivity contribution is 6.16. The van der Waals surface area contributed by atoms with Crippen molar-refractivity contribution in [3.05, 3.63) is 46.5 Å². The average Bonchev–Trinajstić information content (AvgIpc) is 2.71. The highest BCUT2D eigenvalue weighted by atomic mass is 16.6. The molecule has 3 rings (SSSR count). The van der Waals surface area contributed by atoms with Crippen molar-refractivity contribution in [1.82, 2.24) is 0 Å². The third kappa shape index (κ3) is 2.31. The normalized spacial score (nSPS) is 20.8. The van der Waals surface area contributed by atoms with Gasteiger partial charge in [-0.15, -0.1) is 0 Å². The lowest BCUT2D eigenvalue weighted by atomic mass is 9.76. The van der Waals surface area contributed by atoms with E-state index in [-0.39, 0.29) is 11.8 Å². The maximum atomic E-state index is 12.9. The largest absolute Gasteiger partial charge is 0.451 e. The Hall–Kier alpha value is -1.90. The molecule has 0 bridgehead atoms. The second-order valence-electron chi connectivity index (χ2n) is 6.14. The first-order valence-corrected chi connectivity index (χ1v) is 7.59. The lowest BCUT2D eigenvalue weighted by molar-refractivity contribution is -0.148. The molecule has 1 spiro atoms. The second-order valence-corrected chi connectivity index (χ2v) is 6.14. The summed E-state index contributed by atoms with van der Waals surface area (Å²) in [5, 5.41) is 0. The van der Waals surface area contributed by atoms with Gasteiger partial charge in [0.1, 0.15) is 5.60 Å². The fourth-order valence-corrected chi connectivity index (χ4v) is 3.45. The van der Waals surface area contributed by atoms with E-state index in [9.17, 15) is 9.59 Å². The highest BCUT2D eigenvalue weighted by Gasteiger charge is 2.49. The number of esters is 1. The third-order valence-corrected chi connectivity index (χ3v) is 4.63. The maximum absolute atomic E-state index is 12.9. The number of aryl methyl sites for hydroxylation is 1. The van der Waals surface area contributed by atoms with Crippen molar-refractivity contribution in [3.8, 4) is 0 Å². The molecule has 1 aromatic carbocycles. The molecular weight excluding hydrogens is 264 g/mol. The molecule has 0 N–H and O–H groups in total. The minimum Gasteiger partial charge on any atom is -0.451 e. The Morgan fingerprint density at radius 3 is 2.29 bits per heavy atom. The van der Waals surface area contributed by atoms with Crippen LogP contribution in [0, 0.1) is 6.92 Å². The van der Waals surface area contributed by atoms with Crippen LogP contribution in [0.4, 0.5) is 0 Å². The van der Waals surface area contributed by atoms with E-state index in [1.54, 1.807) is 6.92 Å². The van der Waals surface area contributed by atoms with E-state index >= 15 is 0 Å². The van der Waals surface area contributed by atoms with E-state index in [2.05, 4.69) is 0 Å². The van der Waals surface area contributed by atoms with Crippen LogP contribution in [0.25, 0.3) is 0 Å². The van der Waals surface area contributed by atoms with Gasteiger partial charge in [-0.05, 0) is 39.5 Å². The molecule has 1 saturated carbocycles. The number of Topliss-reactive ketones (excluding diaryl/α,β-unsaturated/α-hetero) is 1. The zero-order chi connectivity index (χ0) is 15.0. The zero-order valence-electron chi connectivity index (χ0n) is 12.6. The zero-order valence-corrected chi connectivity index (χ0v) is 12.6. The molecule has 110 valence electrons. The molecule has 0 saturated heterocycles. The molecule has 1 heterocycles. The molecule has 3 nitrogen and oxygen atoms in total. The summed E-state index contributed by atoms with van der Waals surface area (Å²) in [5.74, 6) is -0.382. The topological polar surface area (TPSA) is 43.4 Å². The molecule has 21 heavy (non-hydrogen) atoms. The lowest BCUT2D eigenvalue weighted by Crippen LogP contribution is -2.37. The molecule has 1 aliphatic heterocycles. The summed E-state index contributed by atoms with van der Waals surface area (Å²) in [5.41, 5.74) is 2.17. The summed E-state index contributed by atoms with van der Waals surface area (Å²) in [6.07, 6.45) is 4.69. The lowest BCUT2D eigenvalue weighted by Gasteiger charge is -2.34. The molecule has 0 amide bonds. The molecule has 0 unspecified atom stereocenters. The Morgan fingerprint density at radius 1 is 1.05 bits per heavy atom. The summed E-state index contributed by atoms with van der Waals surface area (Å²) >= 11 is 0. The summed E-state index contributed by atoms with van der Waals surface area (Å²) in [7, 11) is 0. The van der Waals surface area contributed by atoms with Crippen LogP contribution >= 0.6 is 0 Å². The standard InChI is InChI=1S/C18H20O3/c1-12-6-8-14(9-7-12)16(19)15-13(2)17(20)21-18(15)10-4-3-5-11-18/h6-9H,3-5,10-11H2,1-2H3. The smallest absolute Gasteiger partial charge is 0.335 e. The number of hydrogen-bond acceptors (Lipinski definition) is 3. The molecule has 1 fully saturated rings. The minimum absolute atomic E-state index is 0.0553. The number of carbonyl (C=O) groups excluding carboxylic acids is 2. The summed E-state index contributed by atoms with van der Waals surface area (Å²) < 4.78 is 5.65. The SMILES string of the molecule is CC1=C(C(=O)c2ccc(C)cc2)C2(CCCCC2)OC1=O. The van der Waals surface area contributed by atoms with Gasteiger partial charge < -0.3 is 4.74 Å². The first-order chi connectivity index (χ1) is 10.0. The van der Waals surface area contributed by atoms with E-state index < -0.39 is 5.60 Å². The van der Waals surface area contributed by atoms with Crippen LogP contribution in [-0.4, -0.2) is 17.4 Å². The fourth-order valence-electron chi connectivity index (χ4n) is 3.45. The number of carbonyl (C=O) groups is 2. The van der Waals surface area contributed by atoms with Crippen LogP contribution in [0.5, 0.6) is 0 Å². The van der Waals surface area contributed by atoms with Gasteiger partial charge in [-0.3, -0.25) is 4.79 Å². The molecule has 0 radical (unpaired) electrons. The Labute approximate surface area is 125 Å². The average molecular weight is 284 g/mol. The quantitative estimate of drug-likeness (QED) is 0.613. The van der Waals surface area contributed by atoms with E-state index in [1.807, 2.05) is 31.2 Å². The van der Waals surface area contributed by atoms with Crippen LogP contribution < -0.4 is 0 Å².